The Labute approximate surface area is 193 Å². The first kappa shape index (κ1) is 24.3. The molecule has 176 valence electrons. The first-order valence-electron chi connectivity index (χ1n) is 9.67. The molecule has 0 aliphatic heterocycles. The van der Waals surface area contributed by atoms with Crippen molar-refractivity contribution in [2.45, 2.75) is 11.8 Å². The van der Waals surface area contributed by atoms with Gasteiger partial charge in [-0.25, -0.2) is 17.6 Å². The molecule has 12 heteroatoms. The number of carbonyl (C=O) groups excluding carboxylic acids is 2. The Morgan fingerprint density at radius 1 is 1.00 bits per heavy atom. The van der Waals surface area contributed by atoms with Gasteiger partial charge in [-0.3, -0.25) is 19.6 Å². The van der Waals surface area contributed by atoms with Crippen molar-refractivity contribution >= 4 is 39.0 Å². The highest BCUT2D eigenvalue weighted by Gasteiger charge is 2.21. The van der Waals surface area contributed by atoms with Crippen LogP contribution in [0, 0.1) is 22.9 Å². The predicted octanol–water partition coefficient (Wildman–Crippen LogP) is 3.64. The van der Waals surface area contributed by atoms with Gasteiger partial charge in [0.1, 0.15) is 5.82 Å². The fraction of sp³-hybridized carbons (Fsp3) is 0.0909. The number of rotatable bonds is 8. The van der Waals surface area contributed by atoms with E-state index >= 15 is 0 Å². The van der Waals surface area contributed by atoms with Crippen LogP contribution in [0.2, 0.25) is 0 Å². The summed E-state index contributed by atoms with van der Waals surface area (Å²) in [6.45, 7) is 0.739. The van der Waals surface area contributed by atoms with Gasteiger partial charge in [-0.05, 0) is 49.4 Å². The van der Waals surface area contributed by atoms with E-state index < -0.39 is 39.2 Å². The minimum Gasteiger partial charge on any atom is -0.452 e. The van der Waals surface area contributed by atoms with Crippen LogP contribution >= 0.6 is 0 Å². The topological polar surface area (TPSA) is 145 Å². The molecule has 0 atom stereocenters. The maximum atomic E-state index is 13.1. The molecule has 0 aliphatic carbocycles. The number of anilines is 2. The Hall–Kier alpha value is -4.32. The van der Waals surface area contributed by atoms with Crippen LogP contribution < -0.4 is 10.0 Å². The summed E-state index contributed by atoms with van der Waals surface area (Å²) in [6.07, 6.45) is 0. The number of nitro groups is 1. The molecule has 0 aliphatic rings. The summed E-state index contributed by atoms with van der Waals surface area (Å²) in [5, 5.41) is 13.5. The number of amides is 1. The van der Waals surface area contributed by atoms with Crippen LogP contribution in [0.25, 0.3) is 0 Å². The molecule has 1 amide bonds. The third-order valence-corrected chi connectivity index (χ3v) is 6.01. The molecule has 0 saturated carbocycles. The van der Waals surface area contributed by atoms with E-state index in [2.05, 4.69) is 10.0 Å². The highest BCUT2D eigenvalue weighted by atomic mass is 32.2. The molecule has 0 saturated heterocycles. The lowest BCUT2D eigenvalue weighted by Gasteiger charge is -2.13. The molecule has 10 nitrogen and oxygen atoms in total. The Morgan fingerprint density at radius 2 is 1.65 bits per heavy atom. The average Bonchev–Trinajstić information content (AvgIpc) is 2.79. The fourth-order valence-electron chi connectivity index (χ4n) is 2.92. The summed E-state index contributed by atoms with van der Waals surface area (Å²) >= 11 is 0. The third-order valence-electron chi connectivity index (χ3n) is 4.63. The van der Waals surface area contributed by atoms with Gasteiger partial charge in [0.2, 0.25) is 0 Å². The molecule has 0 bridgehead atoms. The second kappa shape index (κ2) is 10.1. The van der Waals surface area contributed by atoms with E-state index in [0.29, 0.717) is 0 Å². The lowest BCUT2D eigenvalue weighted by atomic mass is 10.1. The average molecular weight is 487 g/mol. The summed E-state index contributed by atoms with van der Waals surface area (Å²) < 4.78 is 45.5. The van der Waals surface area contributed by atoms with Crippen LogP contribution in [0.1, 0.15) is 15.9 Å². The molecule has 0 aromatic heterocycles. The van der Waals surface area contributed by atoms with Crippen LogP contribution in [0.4, 0.5) is 21.5 Å². The number of carbonyl (C=O) groups is 2. The zero-order chi connectivity index (χ0) is 24.9. The molecule has 0 spiro atoms. The van der Waals surface area contributed by atoms with E-state index in [1.165, 1.54) is 49.4 Å². The predicted molar refractivity (Wildman–Crippen MR) is 120 cm³/mol. The Balaban J connectivity index is 1.69. The van der Waals surface area contributed by atoms with Crippen molar-refractivity contribution in [1.82, 2.24) is 0 Å². The number of benzene rings is 3. The Morgan fingerprint density at radius 3 is 2.32 bits per heavy atom. The van der Waals surface area contributed by atoms with Gasteiger partial charge in [-0.15, -0.1) is 0 Å². The zero-order valence-electron chi connectivity index (χ0n) is 17.6. The van der Waals surface area contributed by atoms with Crippen LogP contribution in [0.3, 0.4) is 0 Å². The standard InChI is InChI=1S/C22H18FN3O7S/c1-14-18(7-4-8-20(14)26(29)30)24-21(27)13-33-22(28)17-5-2-3-6-19(17)25-34(31,32)16-11-9-15(23)10-12-16/h2-12,25H,13H2,1H3,(H,24,27). The van der Waals surface area contributed by atoms with Crippen molar-refractivity contribution < 1.29 is 32.1 Å². The summed E-state index contributed by atoms with van der Waals surface area (Å²) in [5.74, 6) is -2.34. The summed E-state index contributed by atoms with van der Waals surface area (Å²) in [5.41, 5.74) is -0.0353. The maximum Gasteiger partial charge on any atom is 0.340 e. The van der Waals surface area contributed by atoms with E-state index in [1.807, 2.05) is 0 Å². The normalized spacial score (nSPS) is 10.9. The minimum atomic E-state index is -4.13. The number of para-hydroxylation sites is 1. The number of halogens is 1. The lowest BCUT2D eigenvalue weighted by Crippen LogP contribution is -2.22. The van der Waals surface area contributed by atoms with E-state index in [-0.39, 0.29) is 33.1 Å². The monoisotopic (exact) mass is 487 g/mol. The van der Waals surface area contributed by atoms with Gasteiger partial charge in [0.05, 0.1) is 32.3 Å². The number of nitro benzene ring substituents is 1. The second-order valence-corrected chi connectivity index (χ2v) is 8.62. The summed E-state index contributed by atoms with van der Waals surface area (Å²) in [6, 6.07) is 13.8. The lowest BCUT2D eigenvalue weighted by molar-refractivity contribution is -0.385. The molecule has 3 aromatic rings. The molecule has 3 aromatic carbocycles. The Bertz CT molecular complexity index is 1360. The first-order valence-corrected chi connectivity index (χ1v) is 11.1. The summed E-state index contributed by atoms with van der Waals surface area (Å²) in [7, 11) is -4.13. The van der Waals surface area contributed by atoms with Crippen LogP contribution in [-0.2, 0) is 19.6 Å². The molecule has 0 unspecified atom stereocenters. The van der Waals surface area contributed by atoms with E-state index in [1.54, 1.807) is 0 Å². The number of hydrogen-bond donors (Lipinski definition) is 2. The number of hydrogen-bond acceptors (Lipinski definition) is 7. The first-order chi connectivity index (χ1) is 16.1. The van der Waals surface area contributed by atoms with Gasteiger partial charge in [-0.1, -0.05) is 18.2 Å². The van der Waals surface area contributed by atoms with Crippen molar-refractivity contribution in [2.24, 2.45) is 0 Å². The van der Waals surface area contributed by atoms with Crippen molar-refractivity contribution in [3.8, 4) is 0 Å². The molecule has 2 N–H and O–H groups in total. The zero-order valence-corrected chi connectivity index (χ0v) is 18.5. The highest BCUT2D eigenvalue weighted by Crippen LogP contribution is 2.25. The number of ether oxygens (including phenoxy) is 1. The number of nitrogens with zero attached hydrogens (tertiary/aromatic N) is 1. The number of sulfonamides is 1. The smallest absolute Gasteiger partial charge is 0.340 e. The molecule has 3 rings (SSSR count). The molecular weight excluding hydrogens is 469 g/mol. The van der Waals surface area contributed by atoms with Crippen LogP contribution in [-0.4, -0.2) is 31.8 Å². The SMILES string of the molecule is Cc1c(NC(=O)COC(=O)c2ccccc2NS(=O)(=O)c2ccc(F)cc2)cccc1[N+](=O)[O-]. The molecule has 0 fully saturated rings. The maximum absolute atomic E-state index is 13.1. The Kier molecular flexibility index (Phi) is 7.21. The third kappa shape index (κ3) is 5.72. The van der Waals surface area contributed by atoms with Gasteiger partial charge in [-0.2, -0.15) is 0 Å². The van der Waals surface area contributed by atoms with E-state index in [0.717, 1.165) is 24.3 Å². The molecule has 34 heavy (non-hydrogen) atoms. The van der Waals surface area contributed by atoms with Crippen molar-refractivity contribution in [3.63, 3.8) is 0 Å². The largest absolute Gasteiger partial charge is 0.452 e. The molecular formula is C22H18FN3O7S. The van der Waals surface area contributed by atoms with Crippen molar-refractivity contribution in [1.29, 1.82) is 0 Å². The fourth-order valence-corrected chi connectivity index (χ4v) is 4.00. The second-order valence-electron chi connectivity index (χ2n) is 6.94. The number of nitrogens with one attached hydrogen (secondary N) is 2. The highest BCUT2D eigenvalue weighted by molar-refractivity contribution is 7.92. The van der Waals surface area contributed by atoms with Crippen LogP contribution in [0.5, 0.6) is 0 Å². The quantitative estimate of drug-likeness (QED) is 0.280. The van der Waals surface area contributed by atoms with E-state index in [9.17, 15) is 32.5 Å². The van der Waals surface area contributed by atoms with Gasteiger partial charge < -0.3 is 10.1 Å². The van der Waals surface area contributed by atoms with Crippen molar-refractivity contribution in [3.05, 3.63) is 93.8 Å². The van der Waals surface area contributed by atoms with Gasteiger partial charge in [0.25, 0.3) is 21.6 Å². The summed E-state index contributed by atoms with van der Waals surface area (Å²) in [4.78, 5) is 35.0. The number of esters is 1. The van der Waals surface area contributed by atoms with Gasteiger partial charge in [0.15, 0.2) is 6.61 Å². The van der Waals surface area contributed by atoms with Crippen molar-refractivity contribution in [2.75, 3.05) is 16.6 Å². The molecule has 0 heterocycles. The van der Waals surface area contributed by atoms with Gasteiger partial charge >= 0.3 is 5.97 Å². The minimum absolute atomic E-state index is 0.105. The van der Waals surface area contributed by atoms with Gasteiger partial charge in [0, 0.05) is 6.07 Å². The molecule has 0 radical (unpaired) electrons. The van der Waals surface area contributed by atoms with E-state index in [4.69, 9.17) is 4.74 Å². The van der Waals surface area contributed by atoms with Crippen LogP contribution in [0.15, 0.2) is 71.6 Å².